The Morgan fingerprint density at radius 2 is 2.11 bits per heavy atom. The molecule has 0 bridgehead atoms. The molecule has 3 rings (SSSR count). The van der Waals surface area contributed by atoms with Crippen molar-refractivity contribution in [3.8, 4) is 5.69 Å². The molecule has 0 amide bonds. The summed E-state index contributed by atoms with van der Waals surface area (Å²) >= 11 is 0. The zero-order chi connectivity index (χ0) is 12.7. The molecule has 0 aliphatic carbocycles. The molecule has 5 heteroatoms. The second kappa shape index (κ2) is 3.80. The summed E-state index contributed by atoms with van der Waals surface area (Å²) in [4.78, 5) is 18.4. The number of aryl methyl sites for hydroxylation is 1. The maximum atomic E-state index is 11.6. The largest absolute Gasteiger partial charge is 0.312 e. The SMILES string of the molecule is Cc1cccc(-n2ncc3c(=O)[nH]cnc32)c1C. The summed E-state index contributed by atoms with van der Waals surface area (Å²) in [6.07, 6.45) is 2.94. The molecule has 90 valence electrons. The highest BCUT2D eigenvalue weighted by Gasteiger charge is 2.10. The standard InChI is InChI=1S/C13H12N4O/c1-8-4-3-5-11(9(8)2)17-12-10(6-16-17)13(18)15-7-14-12/h3-7H,1-2H3,(H,14,15,18). The van der Waals surface area contributed by atoms with Gasteiger partial charge in [0, 0.05) is 0 Å². The Morgan fingerprint density at radius 1 is 1.28 bits per heavy atom. The summed E-state index contributed by atoms with van der Waals surface area (Å²) in [5, 5.41) is 4.76. The van der Waals surface area contributed by atoms with Crippen molar-refractivity contribution in [3.05, 3.63) is 52.2 Å². The van der Waals surface area contributed by atoms with E-state index in [2.05, 4.69) is 15.1 Å². The predicted molar refractivity (Wildman–Crippen MR) is 69.0 cm³/mol. The third kappa shape index (κ3) is 1.44. The number of rotatable bonds is 1. The minimum absolute atomic E-state index is 0.170. The van der Waals surface area contributed by atoms with Crippen molar-refractivity contribution < 1.29 is 0 Å². The number of nitrogens with zero attached hydrogens (tertiary/aromatic N) is 3. The molecule has 2 aromatic heterocycles. The van der Waals surface area contributed by atoms with Crippen molar-refractivity contribution in [1.82, 2.24) is 19.7 Å². The molecule has 0 aliphatic rings. The van der Waals surface area contributed by atoms with Gasteiger partial charge in [0.05, 0.1) is 18.2 Å². The lowest BCUT2D eigenvalue weighted by atomic mass is 10.1. The molecular formula is C13H12N4O. The number of nitrogens with one attached hydrogen (secondary N) is 1. The molecule has 5 nitrogen and oxygen atoms in total. The molecule has 0 fully saturated rings. The molecule has 3 aromatic rings. The van der Waals surface area contributed by atoms with Gasteiger partial charge in [0.2, 0.25) is 0 Å². The van der Waals surface area contributed by atoms with Gasteiger partial charge in [-0.05, 0) is 31.0 Å². The van der Waals surface area contributed by atoms with Crippen molar-refractivity contribution in [2.45, 2.75) is 13.8 Å². The number of benzene rings is 1. The molecule has 0 unspecified atom stereocenters. The Balaban J connectivity index is 2.36. The normalized spacial score (nSPS) is 11.0. The van der Waals surface area contributed by atoms with Gasteiger partial charge in [-0.1, -0.05) is 12.1 Å². The van der Waals surface area contributed by atoms with Gasteiger partial charge < -0.3 is 4.98 Å². The summed E-state index contributed by atoms with van der Waals surface area (Å²) in [7, 11) is 0. The van der Waals surface area contributed by atoms with Gasteiger partial charge in [0.25, 0.3) is 5.56 Å². The molecule has 1 aromatic carbocycles. The fraction of sp³-hybridized carbons (Fsp3) is 0.154. The maximum absolute atomic E-state index is 11.6. The van der Waals surface area contributed by atoms with Crippen molar-refractivity contribution >= 4 is 11.0 Å². The molecule has 0 spiro atoms. The van der Waals surface area contributed by atoms with Gasteiger partial charge in [0.15, 0.2) is 5.65 Å². The zero-order valence-electron chi connectivity index (χ0n) is 10.1. The third-order valence-electron chi connectivity index (χ3n) is 3.18. The number of hydrogen-bond acceptors (Lipinski definition) is 3. The van der Waals surface area contributed by atoms with Crippen LogP contribution in [0.5, 0.6) is 0 Å². The van der Waals surface area contributed by atoms with Crippen LogP contribution in [0.4, 0.5) is 0 Å². The van der Waals surface area contributed by atoms with Crippen molar-refractivity contribution in [3.63, 3.8) is 0 Å². The van der Waals surface area contributed by atoms with Gasteiger partial charge in [0.1, 0.15) is 5.39 Å². The Morgan fingerprint density at radius 3 is 2.94 bits per heavy atom. The second-order valence-electron chi connectivity index (χ2n) is 4.24. The highest BCUT2D eigenvalue weighted by Crippen LogP contribution is 2.19. The van der Waals surface area contributed by atoms with Crippen molar-refractivity contribution in [1.29, 1.82) is 0 Å². The molecule has 0 aliphatic heterocycles. The van der Waals surface area contributed by atoms with Crippen LogP contribution in [0.15, 0.2) is 35.5 Å². The third-order valence-corrected chi connectivity index (χ3v) is 3.18. The summed E-state index contributed by atoms with van der Waals surface area (Å²) in [6.45, 7) is 4.08. The van der Waals surface area contributed by atoms with E-state index in [1.165, 1.54) is 11.9 Å². The van der Waals surface area contributed by atoms with Crippen LogP contribution in [-0.4, -0.2) is 19.7 Å². The smallest absolute Gasteiger partial charge is 0.261 e. The van der Waals surface area contributed by atoms with Crippen LogP contribution in [-0.2, 0) is 0 Å². The van der Waals surface area contributed by atoms with Crippen LogP contribution < -0.4 is 5.56 Å². The van der Waals surface area contributed by atoms with Gasteiger partial charge in [-0.2, -0.15) is 5.10 Å². The Labute approximate surface area is 103 Å². The number of fused-ring (bicyclic) bond motifs is 1. The quantitative estimate of drug-likeness (QED) is 0.704. The first-order valence-corrected chi connectivity index (χ1v) is 5.66. The summed E-state index contributed by atoms with van der Waals surface area (Å²) in [6, 6.07) is 5.99. The number of H-pyrrole nitrogens is 1. The van der Waals surface area contributed by atoms with Crippen LogP contribution in [0.3, 0.4) is 0 Å². The lowest BCUT2D eigenvalue weighted by Gasteiger charge is -2.08. The van der Waals surface area contributed by atoms with E-state index in [0.29, 0.717) is 11.0 Å². The first-order valence-electron chi connectivity index (χ1n) is 5.66. The molecular weight excluding hydrogens is 228 g/mol. The van der Waals surface area contributed by atoms with Crippen LogP contribution in [0.1, 0.15) is 11.1 Å². The molecule has 0 saturated carbocycles. The van der Waals surface area contributed by atoms with E-state index in [1.807, 2.05) is 32.0 Å². The van der Waals surface area contributed by atoms with Crippen LogP contribution in [0.2, 0.25) is 0 Å². The summed E-state index contributed by atoms with van der Waals surface area (Å²) < 4.78 is 1.70. The summed E-state index contributed by atoms with van der Waals surface area (Å²) in [5.41, 5.74) is 3.66. The minimum Gasteiger partial charge on any atom is -0.312 e. The maximum Gasteiger partial charge on any atom is 0.261 e. The highest BCUT2D eigenvalue weighted by molar-refractivity contribution is 5.75. The Bertz CT molecular complexity index is 785. The first-order chi connectivity index (χ1) is 8.68. The highest BCUT2D eigenvalue weighted by atomic mass is 16.1. The fourth-order valence-corrected chi connectivity index (χ4v) is 2.00. The van der Waals surface area contributed by atoms with Crippen LogP contribution in [0.25, 0.3) is 16.7 Å². The van der Waals surface area contributed by atoms with E-state index >= 15 is 0 Å². The molecule has 0 saturated heterocycles. The predicted octanol–water partition coefficient (Wildman–Crippen LogP) is 1.73. The van der Waals surface area contributed by atoms with E-state index in [1.54, 1.807) is 10.9 Å². The monoisotopic (exact) mass is 240 g/mol. The first kappa shape index (κ1) is 10.7. The molecule has 0 atom stereocenters. The average molecular weight is 240 g/mol. The molecule has 2 heterocycles. The minimum atomic E-state index is -0.170. The average Bonchev–Trinajstić information content (AvgIpc) is 2.78. The lowest BCUT2D eigenvalue weighted by Crippen LogP contribution is -2.07. The molecule has 18 heavy (non-hydrogen) atoms. The van der Waals surface area contributed by atoms with E-state index in [4.69, 9.17) is 0 Å². The van der Waals surface area contributed by atoms with E-state index < -0.39 is 0 Å². The number of aromatic amines is 1. The zero-order valence-corrected chi connectivity index (χ0v) is 10.1. The Kier molecular flexibility index (Phi) is 2.26. The van der Waals surface area contributed by atoms with Crippen LogP contribution >= 0.6 is 0 Å². The second-order valence-corrected chi connectivity index (χ2v) is 4.24. The van der Waals surface area contributed by atoms with Gasteiger partial charge in [-0.3, -0.25) is 4.79 Å². The fourth-order valence-electron chi connectivity index (χ4n) is 2.00. The Hall–Kier alpha value is -2.43. The van der Waals surface area contributed by atoms with Crippen molar-refractivity contribution in [2.75, 3.05) is 0 Å². The number of hydrogen-bond donors (Lipinski definition) is 1. The van der Waals surface area contributed by atoms with Gasteiger partial charge in [-0.25, -0.2) is 9.67 Å². The van der Waals surface area contributed by atoms with Crippen molar-refractivity contribution in [2.24, 2.45) is 0 Å². The topological polar surface area (TPSA) is 63.6 Å². The molecule has 1 N–H and O–H groups in total. The van der Waals surface area contributed by atoms with Gasteiger partial charge >= 0.3 is 0 Å². The number of aromatic nitrogens is 4. The van der Waals surface area contributed by atoms with E-state index in [9.17, 15) is 4.79 Å². The van der Waals surface area contributed by atoms with Crippen LogP contribution in [0, 0.1) is 13.8 Å². The van der Waals surface area contributed by atoms with Gasteiger partial charge in [-0.15, -0.1) is 0 Å². The van der Waals surface area contributed by atoms with E-state index in [-0.39, 0.29) is 5.56 Å². The lowest BCUT2D eigenvalue weighted by molar-refractivity contribution is 0.884. The summed E-state index contributed by atoms with van der Waals surface area (Å²) in [5.74, 6) is 0. The van der Waals surface area contributed by atoms with E-state index in [0.717, 1.165) is 11.3 Å². The molecule has 0 radical (unpaired) electrons.